The molecular weight excluding hydrogens is 292 g/mol. The molecule has 1 amide bonds. The molecule has 2 aromatic carbocycles. The highest BCUT2D eigenvalue weighted by atomic mass is 35.5. The third-order valence-electron chi connectivity index (χ3n) is 2.94. The second kappa shape index (κ2) is 5.61. The van der Waals surface area contributed by atoms with E-state index in [2.05, 4.69) is 10.3 Å². The van der Waals surface area contributed by atoms with Gasteiger partial charge in [0.25, 0.3) is 5.91 Å². The largest absolute Gasteiger partial charge is 0.348 e. The van der Waals surface area contributed by atoms with Gasteiger partial charge in [-0.05, 0) is 35.9 Å². The average Bonchev–Trinajstić information content (AvgIpc) is 2.92. The molecule has 1 aromatic heterocycles. The van der Waals surface area contributed by atoms with E-state index >= 15 is 0 Å². The van der Waals surface area contributed by atoms with Crippen LogP contribution >= 0.6 is 22.9 Å². The van der Waals surface area contributed by atoms with Crippen molar-refractivity contribution in [1.29, 1.82) is 0 Å². The first-order chi connectivity index (χ1) is 9.72. The first kappa shape index (κ1) is 13.1. The molecule has 0 radical (unpaired) electrons. The van der Waals surface area contributed by atoms with Gasteiger partial charge in [0.2, 0.25) is 0 Å². The van der Waals surface area contributed by atoms with E-state index in [1.54, 1.807) is 11.6 Å². The molecule has 20 heavy (non-hydrogen) atoms. The molecule has 3 aromatic rings. The van der Waals surface area contributed by atoms with Crippen LogP contribution in [0.15, 0.2) is 48.0 Å². The van der Waals surface area contributed by atoms with Crippen LogP contribution in [0.3, 0.4) is 0 Å². The molecule has 1 heterocycles. The Morgan fingerprint density at radius 1 is 1.25 bits per heavy atom. The number of nitrogens with zero attached hydrogens (tertiary/aromatic N) is 1. The highest BCUT2D eigenvalue weighted by molar-refractivity contribution is 7.16. The van der Waals surface area contributed by atoms with Crippen LogP contribution in [0.25, 0.3) is 10.2 Å². The van der Waals surface area contributed by atoms with Crippen molar-refractivity contribution < 1.29 is 4.79 Å². The van der Waals surface area contributed by atoms with Crippen LogP contribution in [-0.2, 0) is 6.54 Å². The summed E-state index contributed by atoms with van der Waals surface area (Å²) >= 11 is 7.44. The molecule has 0 saturated carbocycles. The zero-order valence-electron chi connectivity index (χ0n) is 10.5. The Morgan fingerprint density at radius 2 is 2.15 bits per heavy atom. The van der Waals surface area contributed by atoms with Crippen LogP contribution in [-0.4, -0.2) is 10.9 Å². The van der Waals surface area contributed by atoms with Gasteiger partial charge in [0.1, 0.15) is 0 Å². The summed E-state index contributed by atoms with van der Waals surface area (Å²) in [7, 11) is 0. The van der Waals surface area contributed by atoms with Gasteiger partial charge in [0.05, 0.1) is 15.7 Å². The van der Waals surface area contributed by atoms with Crippen LogP contribution in [0.1, 0.15) is 15.9 Å². The second-order valence-corrected chi connectivity index (χ2v) is 5.67. The first-order valence-electron chi connectivity index (χ1n) is 6.08. The third-order valence-corrected chi connectivity index (χ3v) is 3.96. The monoisotopic (exact) mass is 302 g/mol. The summed E-state index contributed by atoms with van der Waals surface area (Å²) in [5, 5.41) is 3.56. The lowest BCUT2D eigenvalue weighted by Gasteiger charge is -2.06. The topological polar surface area (TPSA) is 42.0 Å². The summed E-state index contributed by atoms with van der Waals surface area (Å²) in [6.45, 7) is 0.458. The lowest BCUT2D eigenvalue weighted by Crippen LogP contribution is -2.22. The molecule has 5 heteroatoms. The van der Waals surface area contributed by atoms with Crippen molar-refractivity contribution in [3.8, 4) is 0 Å². The molecule has 0 aliphatic rings. The molecule has 0 aliphatic carbocycles. The smallest absolute Gasteiger partial charge is 0.251 e. The molecule has 3 nitrogen and oxygen atoms in total. The zero-order valence-corrected chi connectivity index (χ0v) is 12.0. The molecule has 0 fully saturated rings. The first-order valence-corrected chi connectivity index (χ1v) is 7.34. The van der Waals surface area contributed by atoms with Gasteiger partial charge in [-0.25, -0.2) is 4.98 Å². The van der Waals surface area contributed by atoms with E-state index in [0.29, 0.717) is 17.1 Å². The van der Waals surface area contributed by atoms with Crippen LogP contribution in [0, 0.1) is 0 Å². The fraction of sp³-hybridized carbons (Fsp3) is 0.0667. The molecule has 0 aliphatic heterocycles. The maximum absolute atomic E-state index is 12.1. The van der Waals surface area contributed by atoms with Crippen LogP contribution in [0.4, 0.5) is 0 Å². The van der Waals surface area contributed by atoms with Crippen molar-refractivity contribution in [3.63, 3.8) is 0 Å². The van der Waals surface area contributed by atoms with Gasteiger partial charge in [-0.15, -0.1) is 11.3 Å². The van der Waals surface area contributed by atoms with Crippen LogP contribution in [0.5, 0.6) is 0 Å². The number of amides is 1. The number of nitrogens with one attached hydrogen (secondary N) is 1. The van der Waals surface area contributed by atoms with E-state index in [0.717, 1.165) is 15.8 Å². The molecule has 0 bridgehead atoms. The Bertz CT molecular complexity index is 769. The number of halogens is 1. The van der Waals surface area contributed by atoms with E-state index in [1.165, 1.54) is 11.3 Å². The van der Waals surface area contributed by atoms with E-state index in [9.17, 15) is 4.79 Å². The van der Waals surface area contributed by atoms with Gasteiger partial charge < -0.3 is 5.32 Å². The molecule has 100 valence electrons. The SMILES string of the molecule is O=C(NCc1cccc(Cl)c1)c1ccc2ncsc2c1. The molecule has 1 N–H and O–H groups in total. The molecule has 0 atom stereocenters. The lowest BCUT2D eigenvalue weighted by atomic mass is 10.2. The fourth-order valence-electron chi connectivity index (χ4n) is 1.93. The van der Waals surface area contributed by atoms with Crippen molar-refractivity contribution in [2.45, 2.75) is 6.54 Å². The van der Waals surface area contributed by atoms with E-state index < -0.39 is 0 Å². The number of rotatable bonds is 3. The summed E-state index contributed by atoms with van der Waals surface area (Å²) in [4.78, 5) is 16.3. The molecule has 0 unspecified atom stereocenters. The number of aromatic nitrogens is 1. The number of benzene rings is 2. The number of hydrogen-bond acceptors (Lipinski definition) is 3. The quantitative estimate of drug-likeness (QED) is 0.798. The molecule has 0 spiro atoms. The normalized spacial score (nSPS) is 10.7. The predicted octanol–water partition coefficient (Wildman–Crippen LogP) is 3.88. The van der Waals surface area contributed by atoms with Gasteiger partial charge in [0.15, 0.2) is 0 Å². The Hall–Kier alpha value is -1.91. The average molecular weight is 303 g/mol. The Labute approximate surface area is 125 Å². The third kappa shape index (κ3) is 2.81. The second-order valence-electron chi connectivity index (χ2n) is 4.35. The number of fused-ring (bicyclic) bond motifs is 1. The highest BCUT2D eigenvalue weighted by Gasteiger charge is 2.07. The maximum Gasteiger partial charge on any atom is 0.251 e. The number of thiazole rings is 1. The van der Waals surface area contributed by atoms with Crippen molar-refractivity contribution >= 4 is 39.1 Å². The van der Waals surface area contributed by atoms with Gasteiger partial charge >= 0.3 is 0 Å². The summed E-state index contributed by atoms with van der Waals surface area (Å²) in [5.74, 6) is -0.0970. The van der Waals surface area contributed by atoms with Crippen molar-refractivity contribution in [2.75, 3.05) is 0 Å². The van der Waals surface area contributed by atoms with Gasteiger partial charge in [0, 0.05) is 17.1 Å². The van der Waals surface area contributed by atoms with Gasteiger partial charge in [-0.1, -0.05) is 23.7 Å². The lowest BCUT2D eigenvalue weighted by molar-refractivity contribution is 0.0951. The Morgan fingerprint density at radius 3 is 3.00 bits per heavy atom. The molecule has 3 rings (SSSR count). The van der Waals surface area contributed by atoms with Crippen molar-refractivity contribution in [3.05, 3.63) is 64.1 Å². The predicted molar refractivity (Wildman–Crippen MR) is 82.2 cm³/mol. The maximum atomic E-state index is 12.1. The summed E-state index contributed by atoms with van der Waals surface area (Å²) in [6, 6.07) is 13.0. The molecule has 0 saturated heterocycles. The fourth-order valence-corrected chi connectivity index (χ4v) is 2.86. The number of carbonyl (C=O) groups is 1. The minimum Gasteiger partial charge on any atom is -0.348 e. The summed E-state index contributed by atoms with van der Waals surface area (Å²) < 4.78 is 1.01. The Kier molecular flexibility index (Phi) is 3.67. The standard InChI is InChI=1S/C15H11ClN2OS/c16-12-3-1-2-10(6-12)8-17-15(19)11-4-5-13-14(7-11)20-9-18-13/h1-7,9H,8H2,(H,17,19). The van der Waals surface area contributed by atoms with Crippen LogP contribution < -0.4 is 5.32 Å². The minimum absolute atomic E-state index is 0.0970. The molecular formula is C15H11ClN2OS. The van der Waals surface area contributed by atoms with Gasteiger partial charge in [-0.3, -0.25) is 4.79 Å². The van der Waals surface area contributed by atoms with Gasteiger partial charge in [-0.2, -0.15) is 0 Å². The Balaban J connectivity index is 1.72. The van der Waals surface area contributed by atoms with Crippen LogP contribution in [0.2, 0.25) is 5.02 Å². The van der Waals surface area contributed by atoms with E-state index in [-0.39, 0.29) is 5.91 Å². The van der Waals surface area contributed by atoms with E-state index in [4.69, 9.17) is 11.6 Å². The highest BCUT2D eigenvalue weighted by Crippen LogP contribution is 2.19. The number of carbonyl (C=O) groups excluding carboxylic acids is 1. The minimum atomic E-state index is -0.0970. The van der Waals surface area contributed by atoms with Crippen molar-refractivity contribution in [1.82, 2.24) is 10.3 Å². The number of hydrogen-bond donors (Lipinski definition) is 1. The summed E-state index contributed by atoms with van der Waals surface area (Å²) in [5.41, 5.74) is 4.31. The zero-order chi connectivity index (χ0) is 13.9. The summed E-state index contributed by atoms with van der Waals surface area (Å²) in [6.07, 6.45) is 0. The van der Waals surface area contributed by atoms with Crippen molar-refractivity contribution in [2.24, 2.45) is 0 Å². The van der Waals surface area contributed by atoms with E-state index in [1.807, 2.05) is 36.4 Å².